The molecule has 0 atom stereocenters. The second kappa shape index (κ2) is 72.5. The normalized spacial score (nSPS) is 5.00. The molecule has 0 spiro atoms. The summed E-state index contributed by atoms with van der Waals surface area (Å²) in [6.07, 6.45) is -0.167. The molecule has 0 saturated carbocycles. The van der Waals surface area contributed by atoms with Crippen LogP contribution in [0.3, 0.4) is 0 Å². The quantitative estimate of drug-likeness (QED) is 0.389. The highest BCUT2D eigenvalue weighted by atomic mass is 16.3. The van der Waals surface area contributed by atoms with Crippen LogP contribution in [0, 0.1) is 0 Å². The highest BCUT2D eigenvalue weighted by Gasteiger charge is 1.69. The molecule has 6 nitrogen and oxygen atoms in total. The predicted molar refractivity (Wildman–Crippen MR) is 49.1 cm³/mol. The average Bonchev–Trinajstić information content (AvgIpc) is 1.71. The van der Waals surface area contributed by atoms with Crippen molar-refractivity contribution >= 4 is 0 Å². The minimum absolute atomic E-state index is 0. The summed E-state index contributed by atoms with van der Waals surface area (Å²) in [4.78, 5) is 0. The summed E-state index contributed by atoms with van der Waals surface area (Å²) in [6, 6.07) is 0. The Balaban J connectivity index is -0.0000000105. The highest BCUT2D eigenvalue weighted by molar-refractivity contribution is 4.20. The van der Waals surface area contributed by atoms with E-state index >= 15 is 0 Å². The second-order valence-electron chi connectivity index (χ2n) is 1.41. The second-order valence-corrected chi connectivity index (χ2v) is 1.41. The summed E-state index contributed by atoms with van der Waals surface area (Å²) in [5, 5.41) is 22.6. The summed E-state index contributed by atoms with van der Waals surface area (Å²) < 4.78 is 0. The van der Waals surface area contributed by atoms with E-state index in [1.54, 1.807) is 20.8 Å². The van der Waals surface area contributed by atoms with Crippen molar-refractivity contribution in [3.8, 4) is 0 Å². The lowest BCUT2D eigenvalue weighted by Gasteiger charge is -1.80. The fourth-order valence-corrected chi connectivity index (χ4v) is 0. The van der Waals surface area contributed by atoms with Gasteiger partial charge in [0.15, 0.2) is 0 Å². The van der Waals surface area contributed by atoms with Gasteiger partial charge in [0.1, 0.15) is 0 Å². The van der Waals surface area contributed by atoms with Gasteiger partial charge in [0.05, 0.1) is 0 Å². The van der Waals surface area contributed by atoms with Crippen molar-refractivity contribution in [2.75, 3.05) is 13.7 Å². The number of hydrogen-bond donors (Lipinski definition) is 3. The molecular formula is C6H24O6. The first-order chi connectivity index (χ1) is 4.15. The van der Waals surface area contributed by atoms with Gasteiger partial charge < -0.3 is 31.7 Å². The van der Waals surface area contributed by atoms with E-state index in [0.717, 1.165) is 7.11 Å². The molecule has 84 valence electrons. The van der Waals surface area contributed by atoms with Crippen molar-refractivity contribution in [3.63, 3.8) is 0 Å². The summed E-state index contributed by atoms with van der Waals surface area (Å²) in [5.74, 6) is 0. The van der Waals surface area contributed by atoms with Gasteiger partial charge in [0, 0.05) is 19.8 Å². The molecule has 0 aliphatic carbocycles. The average molecular weight is 192 g/mol. The zero-order valence-electron chi connectivity index (χ0n) is 8.13. The molecule has 0 aliphatic rings. The number of aliphatic hydroxyl groups is 3. The van der Waals surface area contributed by atoms with Crippen LogP contribution in [0.5, 0.6) is 0 Å². The summed E-state index contributed by atoms with van der Waals surface area (Å²) >= 11 is 0. The van der Waals surface area contributed by atoms with Gasteiger partial charge in [-0.15, -0.1) is 0 Å². The minimum Gasteiger partial charge on any atom is -0.412 e. The molecule has 0 aliphatic heterocycles. The molecule has 0 radical (unpaired) electrons. The Morgan fingerprint density at radius 2 is 1.00 bits per heavy atom. The van der Waals surface area contributed by atoms with Gasteiger partial charge in [0.2, 0.25) is 0 Å². The summed E-state index contributed by atoms with van der Waals surface area (Å²) in [6.45, 7) is 5.38. The maximum absolute atomic E-state index is 8.06. The van der Waals surface area contributed by atoms with Crippen LogP contribution in [-0.4, -0.2) is 51.6 Å². The maximum Gasteiger partial charge on any atom is 0.0483 e. The van der Waals surface area contributed by atoms with Gasteiger partial charge >= 0.3 is 0 Å². The van der Waals surface area contributed by atoms with Crippen LogP contribution in [0.15, 0.2) is 0 Å². The van der Waals surface area contributed by atoms with Crippen LogP contribution >= 0.6 is 0 Å². The van der Waals surface area contributed by atoms with E-state index in [0.29, 0.717) is 0 Å². The Hall–Kier alpha value is -0.240. The zero-order valence-corrected chi connectivity index (χ0v) is 8.13. The molecule has 0 fully saturated rings. The molecule has 0 saturated heterocycles. The molecule has 0 heterocycles. The van der Waals surface area contributed by atoms with Gasteiger partial charge in [-0.1, -0.05) is 0 Å². The third kappa shape index (κ3) is 13000. The number of aliphatic hydroxyl groups excluding tert-OH is 3. The Labute approximate surface area is 73.4 Å². The van der Waals surface area contributed by atoms with Crippen molar-refractivity contribution in [3.05, 3.63) is 0 Å². The van der Waals surface area contributed by atoms with Crippen molar-refractivity contribution in [2.45, 2.75) is 26.9 Å². The molecule has 0 unspecified atom stereocenters. The standard InChI is InChI=1S/C3H8O.C2H6O.CH4O.3H2O/c1-3(2)4;1-2-3;1-2;;;/h3-4H,1-2H3;3H,2H2,1H3;2H,1H3;3*1H2. The highest BCUT2D eigenvalue weighted by Crippen LogP contribution is 1.65. The van der Waals surface area contributed by atoms with E-state index in [2.05, 4.69) is 0 Å². The van der Waals surface area contributed by atoms with Gasteiger partial charge in [-0.05, 0) is 20.8 Å². The fraction of sp³-hybridized carbons (Fsp3) is 1.00. The minimum atomic E-state index is -0.167. The van der Waals surface area contributed by atoms with Crippen LogP contribution in [0.4, 0.5) is 0 Å². The number of hydrogen-bond acceptors (Lipinski definition) is 3. The van der Waals surface area contributed by atoms with Crippen molar-refractivity contribution in [2.24, 2.45) is 0 Å². The van der Waals surface area contributed by atoms with Crippen molar-refractivity contribution in [1.82, 2.24) is 0 Å². The Morgan fingerprint density at radius 1 is 1.00 bits per heavy atom. The first-order valence-electron chi connectivity index (χ1n) is 2.88. The zero-order chi connectivity index (χ0) is 8.28. The van der Waals surface area contributed by atoms with Crippen molar-refractivity contribution in [1.29, 1.82) is 0 Å². The van der Waals surface area contributed by atoms with E-state index in [9.17, 15) is 0 Å². The number of rotatable bonds is 0. The molecule has 0 bridgehead atoms. The lowest BCUT2D eigenvalue weighted by molar-refractivity contribution is 0.216. The predicted octanol–water partition coefficient (Wildman–Crippen LogP) is -2.48. The summed E-state index contributed by atoms with van der Waals surface area (Å²) in [5.41, 5.74) is 0. The molecule has 0 aromatic heterocycles. The molecule has 0 aromatic carbocycles. The molecule has 0 aromatic rings. The van der Waals surface area contributed by atoms with Crippen LogP contribution in [0.25, 0.3) is 0 Å². The SMILES string of the molecule is CC(C)O.CCO.CO.O.O.O. The molecule has 9 N–H and O–H groups in total. The van der Waals surface area contributed by atoms with Gasteiger partial charge in [-0.25, -0.2) is 0 Å². The third-order valence-corrected chi connectivity index (χ3v) is 0. The van der Waals surface area contributed by atoms with E-state index in [4.69, 9.17) is 15.3 Å². The molecule has 12 heavy (non-hydrogen) atoms. The van der Waals surface area contributed by atoms with Crippen LogP contribution in [-0.2, 0) is 0 Å². The van der Waals surface area contributed by atoms with Crippen LogP contribution in [0.2, 0.25) is 0 Å². The van der Waals surface area contributed by atoms with E-state index in [1.165, 1.54) is 0 Å². The van der Waals surface area contributed by atoms with E-state index in [1.807, 2.05) is 0 Å². The maximum atomic E-state index is 8.06. The van der Waals surface area contributed by atoms with E-state index < -0.39 is 0 Å². The Bertz CT molecular complexity index is 23.2. The molecule has 0 rings (SSSR count). The van der Waals surface area contributed by atoms with Gasteiger partial charge in [-0.3, -0.25) is 0 Å². The third-order valence-electron chi connectivity index (χ3n) is 0. The molecule has 0 amide bonds. The monoisotopic (exact) mass is 192 g/mol. The lowest BCUT2D eigenvalue weighted by Crippen LogP contribution is -1.85. The first-order valence-corrected chi connectivity index (χ1v) is 2.88. The van der Waals surface area contributed by atoms with Crippen LogP contribution in [0.1, 0.15) is 20.8 Å². The Kier molecular flexibility index (Phi) is 248. The fourth-order valence-electron chi connectivity index (χ4n) is 0. The lowest BCUT2D eigenvalue weighted by atomic mass is 10.5. The van der Waals surface area contributed by atoms with E-state index in [-0.39, 0.29) is 29.1 Å². The molecule has 6 heteroatoms. The summed E-state index contributed by atoms with van der Waals surface area (Å²) in [7, 11) is 1.00. The topological polar surface area (TPSA) is 155 Å². The van der Waals surface area contributed by atoms with Gasteiger partial charge in [-0.2, -0.15) is 0 Å². The van der Waals surface area contributed by atoms with Crippen molar-refractivity contribution < 1.29 is 31.7 Å². The molecular weight excluding hydrogens is 168 g/mol. The Morgan fingerprint density at radius 3 is 1.00 bits per heavy atom. The first kappa shape index (κ1) is 41.0. The smallest absolute Gasteiger partial charge is 0.0483 e. The largest absolute Gasteiger partial charge is 0.412 e. The van der Waals surface area contributed by atoms with Crippen LogP contribution < -0.4 is 0 Å². The van der Waals surface area contributed by atoms with Gasteiger partial charge in [0.25, 0.3) is 0 Å².